The number of hydrogen-bond acceptors (Lipinski definition) is 4. The predicted octanol–water partition coefficient (Wildman–Crippen LogP) is 1.88. The van der Waals surface area contributed by atoms with Crippen molar-refractivity contribution in [2.45, 2.75) is 25.9 Å². The van der Waals surface area contributed by atoms with Gasteiger partial charge in [0, 0.05) is 24.4 Å². The number of non-ortho nitro benzene ring substituents is 1. The van der Waals surface area contributed by atoms with Gasteiger partial charge in [-0.2, -0.15) is 0 Å². The van der Waals surface area contributed by atoms with Crippen LogP contribution in [0.4, 0.5) is 16.2 Å². The lowest BCUT2D eigenvalue weighted by molar-refractivity contribution is -0.384. The zero-order chi connectivity index (χ0) is 14.5. The molecule has 1 atom stereocenters. The van der Waals surface area contributed by atoms with Crippen LogP contribution in [0.5, 0.6) is 0 Å². The first kappa shape index (κ1) is 14.9. The molecule has 1 unspecified atom stereocenters. The minimum absolute atomic E-state index is 0.0987. The predicted molar refractivity (Wildman–Crippen MR) is 71.0 cm³/mol. The standard InChI is InChI=1S/C12H17N3O4/c1-3-12(2,17)8-13-11(16)14-9-5-4-6-10(7-9)15(18)19/h4-7,17H,3,8H2,1-2H3,(H2,13,14,16). The molecule has 0 saturated heterocycles. The van der Waals surface area contributed by atoms with Crippen LogP contribution in [0.15, 0.2) is 24.3 Å². The Morgan fingerprint density at radius 2 is 2.21 bits per heavy atom. The third-order valence-corrected chi connectivity index (χ3v) is 2.71. The van der Waals surface area contributed by atoms with Crippen LogP contribution in [0.25, 0.3) is 0 Å². The Morgan fingerprint density at radius 1 is 1.53 bits per heavy atom. The molecule has 0 spiro atoms. The monoisotopic (exact) mass is 267 g/mol. The SMILES string of the molecule is CCC(C)(O)CNC(=O)Nc1cccc([N+](=O)[O-])c1. The number of hydrogen-bond donors (Lipinski definition) is 3. The molecule has 1 aromatic carbocycles. The average Bonchev–Trinajstić information content (AvgIpc) is 2.37. The molecule has 19 heavy (non-hydrogen) atoms. The summed E-state index contributed by atoms with van der Waals surface area (Å²) in [7, 11) is 0. The van der Waals surface area contributed by atoms with Crippen LogP contribution in [-0.4, -0.2) is 28.2 Å². The van der Waals surface area contributed by atoms with Crippen molar-refractivity contribution in [3.63, 3.8) is 0 Å². The number of carbonyl (C=O) groups excluding carboxylic acids is 1. The highest BCUT2D eigenvalue weighted by Gasteiger charge is 2.18. The number of nitrogens with zero attached hydrogens (tertiary/aromatic N) is 1. The molecule has 0 radical (unpaired) electrons. The second-order valence-corrected chi connectivity index (χ2v) is 4.47. The lowest BCUT2D eigenvalue weighted by Crippen LogP contribution is -2.41. The largest absolute Gasteiger partial charge is 0.388 e. The molecule has 1 rings (SSSR count). The van der Waals surface area contributed by atoms with E-state index in [1.165, 1.54) is 18.2 Å². The van der Waals surface area contributed by atoms with Gasteiger partial charge in [-0.25, -0.2) is 4.79 Å². The normalized spacial score (nSPS) is 13.4. The minimum atomic E-state index is -0.972. The van der Waals surface area contributed by atoms with Crippen LogP contribution in [-0.2, 0) is 0 Å². The van der Waals surface area contributed by atoms with Gasteiger partial charge < -0.3 is 15.7 Å². The molecule has 0 saturated carbocycles. The van der Waals surface area contributed by atoms with Crippen LogP contribution in [0.1, 0.15) is 20.3 Å². The molecule has 0 aliphatic heterocycles. The first-order valence-corrected chi connectivity index (χ1v) is 5.86. The Morgan fingerprint density at radius 3 is 2.79 bits per heavy atom. The summed E-state index contributed by atoms with van der Waals surface area (Å²) in [6, 6.07) is 5.11. The molecule has 7 nitrogen and oxygen atoms in total. The summed E-state index contributed by atoms with van der Waals surface area (Å²) in [5.74, 6) is 0. The van der Waals surface area contributed by atoms with Gasteiger partial charge in [0.05, 0.1) is 10.5 Å². The Labute approximate surface area is 110 Å². The average molecular weight is 267 g/mol. The second-order valence-electron chi connectivity index (χ2n) is 4.47. The van der Waals surface area contributed by atoms with Gasteiger partial charge in [-0.15, -0.1) is 0 Å². The lowest BCUT2D eigenvalue weighted by Gasteiger charge is -2.21. The van der Waals surface area contributed by atoms with Crippen molar-refractivity contribution in [3.05, 3.63) is 34.4 Å². The zero-order valence-corrected chi connectivity index (χ0v) is 10.8. The van der Waals surface area contributed by atoms with E-state index in [-0.39, 0.29) is 12.2 Å². The topological polar surface area (TPSA) is 104 Å². The Bertz CT molecular complexity index is 474. The van der Waals surface area contributed by atoms with E-state index in [4.69, 9.17) is 0 Å². The molecule has 0 heterocycles. The van der Waals surface area contributed by atoms with Gasteiger partial charge in [-0.05, 0) is 19.4 Å². The summed E-state index contributed by atoms with van der Waals surface area (Å²) < 4.78 is 0. The van der Waals surface area contributed by atoms with Gasteiger partial charge in [0.25, 0.3) is 5.69 Å². The Balaban J connectivity index is 2.58. The molecule has 0 fully saturated rings. The Kier molecular flexibility index (Phi) is 4.82. The number of carbonyl (C=O) groups is 1. The maximum Gasteiger partial charge on any atom is 0.319 e. The van der Waals surface area contributed by atoms with Crippen molar-refractivity contribution in [1.82, 2.24) is 5.32 Å². The highest BCUT2D eigenvalue weighted by molar-refractivity contribution is 5.89. The molecule has 0 aromatic heterocycles. The van der Waals surface area contributed by atoms with Crippen LogP contribution in [0, 0.1) is 10.1 Å². The number of nitro groups is 1. The van der Waals surface area contributed by atoms with E-state index in [1.807, 2.05) is 0 Å². The quantitative estimate of drug-likeness (QED) is 0.559. The molecular formula is C12H17N3O4. The third kappa shape index (κ3) is 4.92. The molecule has 2 amide bonds. The number of benzene rings is 1. The molecule has 0 aliphatic rings. The highest BCUT2D eigenvalue weighted by Crippen LogP contribution is 2.16. The summed E-state index contributed by atoms with van der Waals surface area (Å²) in [6.07, 6.45) is 0.504. The lowest BCUT2D eigenvalue weighted by atomic mass is 10.0. The zero-order valence-electron chi connectivity index (χ0n) is 10.8. The summed E-state index contributed by atoms with van der Waals surface area (Å²) in [5.41, 5.74) is -0.749. The maximum absolute atomic E-state index is 11.6. The van der Waals surface area contributed by atoms with Gasteiger partial charge in [0.15, 0.2) is 0 Å². The molecule has 1 aromatic rings. The van der Waals surface area contributed by atoms with E-state index in [1.54, 1.807) is 19.9 Å². The van der Waals surface area contributed by atoms with E-state index < -0.39 is 16.6 Å². The fourth-order valence-electron chi connectivity index (χ4n) is 1.27. The van der Waals surface area contributed by atoms with Crippen LogP contribution in [0.2, 0.25) is 0 Å². The van der Waals surface area contributed by atoms with Crippen molar-refractivity contribution in [2.24, 2.45) is 0 Å². The fraction of sp³-hybridized carbons (Fsp3) is 0.417. The van der Waals surface area contributed by atoms with Gasteiger partial charge in [0.2, 0.25) is 0 Å². The fourth-order valence-corrected chi connectivity index (χ4v) is 1.27. The van der Waals surface area contributed by atoms with E-state index in [2.05, 4.69) is 10.6 Å². The number of urea groups is 1. The molecule has 7 heteroatoms. The molecular weight excluding hydrogens is 250 g/mol. The smallest absolute Gasteiger partial charge is 0.319 e. The van der Waals surface area contributed by atoms with Crippen LogP contribution in [0.3, 0.4) is 0 Å². The summed E-state index contributed by atoms with van der Waals surface area (Å²) in [4.78, 5) is 21.6. The Hall–Kier alpha value is -2.15. The van der Waals surface area contributed by atoms with E-state index in [0.29, 0.717) is 12.1 Å². The van der Waals surface area contributed by atoms with Crippen molar-refractivity contribution in [3.8, 4) is 0 Å². The molecule has 0 bridgehead atoms. The van der Waals surface area contributed by atoms with E-state index in [9.17, 15) is 20.0 Å². The van der Waals surface area contributed by atoms with Gasteiger partial charge in [-0.1, -0.05) is 13.0 Å². The van der Waals surface area contributed by atoms with Crippen LogP contribution >= 0.6 is 0 Å². The number of aliphatic hydroxyl groups is 1. The minimum Gasteiger partial charge on any atom is -0.388 e. The number of nitrogens with one attached hydrogen (secondary N) is 2. The van der Waals surface area contributed by atoms with Crippen LogP contribution < -0.4 is 10.6 Å². The van der Waals surface area contributed by atoms with Crippen molar-refractivity contribution >= 4 is 17.4 Å². The molecule has 0 aliphatic carbocycles. The summed E-state index contributed by atoms with van der Waals surface area (Å²) in [5, 5.41) is 25.3. The maximum atomic E-state index is 11.6. The first-order chi connectivity index (χ1) is 8.84. The second kappa shape index (κ2) is 6.14. The number of anilines is 1. The first-order valence-electron chi connectivity index (χ1n) is 5.86. The van der Waals surface area contributed by atoms with Gasteiger partial charge in [0.1, 0.15) is 0 Å². The van der Waals surface area contributed by atoms with E-state index in [0.717, 1.165) is 0 Å². The van der Waals surface area contributed by atoms with Gasteiger partial charge >= 0.3 is 6.03 Å². The van der Waals surface area contributed by atoms with Crippen molar-refractivity contribution in [1.29, 1.82) is 0 Å². The number of amides is 2. The number of rotatable bonds is 5. The third-order valence-electron chi connectivity index (χ3n) is 2.71. The molecule has 104 valence electrons. The van der Waals surface area contributed by atoms with E-state index >= 15 is 0 Å². The summed E-state index contributed by atoms with van der Waals surface area (Å²) in [6.45, 7) is 3.52. The van der Waals surface area contributed by atoms with Crippen molar-refractivity contribution < 1.29 is 14.8 Å². The number of nitro benzene ring substituents is 1. The highest BCUT2D eigenvalue weighted by atomic mass is 16.6. The summed E-state index contributed by atoms with van der Waals surface area (Å²) >= 11 is 0. The van der Waals surface area contributed by atoms with Gasteiger partial charge in [-0.3, -0.25) is 10.1 Å². The molecule has 3 N–H and O–H groups in total. The van der Waals surface area contributed by atoms with Crippen molar-refractivity contribution in [2.75, 3.05) is 11.9 Å².